The van der Waals surface area contributed by atoms with E-state index in [4.69, 9.17) is 15.2 Å². The molecule has 0 bridgehead atoms. The summed E-state index contributed by atoms with van der Waals surface area (Å²) in [5.41, 5.74) is 5.49. The van der Waals surface area contributed by atoms with Gasteiger partial charge < -0.3 is 15.2 Å². The van der Waals surface area contributed by atoms with Gasteiger partial charge in [0.25, 0.3) is 0 Å². The molecule has 3 nitrogen and oxygen atoms in total. The summed E-state index contributed by atoms with van der Waals surface area (Å²) in [6.45, 7) is 4.54. The highest BCUT2D eigenvalue weighted by atomic mass is 16.5. The molecule has 2 unspecified atom stereocenters. The summed E-state index contributed by atoms with van der Waals surface area (Å²) in [5.74, 6) is 0.509. The van der Waals surface area contributed by atoms with E-state index in [1.165, 1.54) is 6.42 Å². The zero-order valence-electron chi connectivity index (χ0n) is 8.71. The van der Waals surface area contributed by atoms with Crippen LogP contribution in [0.3, 0.4) is 0 Å². The fourth-order valence-corrected chi connectivity index (χ4v) is 1.98. The molecule has 1 fully saturated rings. The van der Waals surface area contributed by atoms with Gasteiger partial charge in [-0.1, -0.05) is 0 Å². The fourth-order valence-electron chi connectivity index (χ4n) is 1.98. The third-order valence-electron chi connectivity index (χ3n) is 3.13. The molecule has 1 aliphatic rings. The molecular formula is C10H21NO2. The molecule has 1 heterocycles. The molecule has 2 atom stereocenters. The second-order valence-electron chi connectivity index (χ2n) is 3.97. The van der Waals surface area contributed by atoms with Gasteiger partial charge in [-0.2, -0.15) is 0 Å². The Bertz CT molecular complexity index is 146. The summed E-state index contributed by atoms with van der Waals surface area (Å²) in [7, 11) is 1.77. The fraction of sp³-hybridized carbons (Fsp3) is 1.00. The molecule has 0 spiro atoms. The Hall–Kier alpha value is -0.120. The largest absolute Gasteiger partial charge is 0.381 e. The third kappa shape index (κ3) is 2.66. The van der Waals surface area contributed by atoms with Gasteiger partial charge in [0, 0.05) is 19.6 Å². The SMILES string of the molecule is COC(C)(CCN)C1CCCOC1. The summed E-state index contributed by atoms with van der Waals surface area (Å²) in [5, 5.41) is 0. The standard InChI is InChI=1S/C10H21NO2/c1-10(12-2,5-6-11)9-4-3-7-13-8-9/h9H,3-8,11H2,1-2H3. The lowest BCUT2D eigenvalue weighted by molar-refractivity contribution is -0.0950. The number of nitrogens with two attached hydrogens (primary N) is 1. The van der Waals surface area contributed by atoms with Crippen molar-refractivity contribution in [2.24, 2.45) is 11.7 Å². The summed E-state index contributed by atoms with van der Waals surface area (Å²) in [6, 6.07) is 0. The van der Waals surface area contributed by atoms with Crippen LogP contribution in [-0.4, -0.2) is 32.5 Å². The highest BCUT2D eigenvalue weighted by Crippen LogP contribution is 2.30. The molecule has 0 aliphatic carbocycles. The minimum atomic E-state index is -0.0881. The first kappa shape index (κ1) is 11.0. The van der Waals surface area contributed by atoms with Crippen LogP contribution in [0.25, 0.3) is 0 Å². The second-order valence-corrected chi connectivity index (χ2v) is 3.97. The lowest BCUT2D eigenvalue weighted by atomic mass is 9.82. The minimum Gasteiger partial charge on any atom is -0.381 e. The van der Waals surface area contributed by atoms with Crippen molar-refractivity contribution in [3.63, 3.8) is 0 Å². The molecule has 3 heteroatoms. The molecule has 1 rings (SSSR count). The summed E-state index contributed by atoms with van der Waals surface area (Å²) >= 11 is 0. The van der Waals surface area contributed by atoms with Crippen molar-refractivity contribution in [1.82, 2.24) is 0 Å². The number of rotatable bonds is 4. The van der Waals surface area contributed by atoms with Crippen LogP contribution in [0.15, 0.2) is 0 Å². The van der Waals surface area contributed by atoms with Gasteiger partial charge in [-0.25, -0.2) is 0 Å². The van der Waals surface area contributed by atoms with Crippen molar-refractivity contribution in [1.29, 1.82) is 0 Å². The Morgan fingerprint density at radius 2 is 2.38 bits per heavy atom. The van der Waals surface area contributed by atoms with Crippen molar-refractivity contribution >= 4 is 0 Å². The molecule has 2 N–H and O–H groups in total. The number of methoxy groups -OCH3 is 1. The molecule has 0 amide bonds. The van der Waals surface area contributed by atoms with E-state index in [0.717, 1.165) is 26.1 Å². The highest BCUT2D eigenvalue weighted by molar-refractivity contribution is 4.85. The van der Waals surface area contributed by atoms with Crippen LogP contribution in [0, 0.1) is 5.92 Å². The highest BCUT2D eigenvalue weighted by Gasteiger charge is 2.34. The topological polar surface area (TPSA) is 44.5 Å². The lowest BCUT2D eigenvalue weighted by Gasteiger charge is -2.38. The van der Waals surface area contributed by atoms with Crippen LogP contribution < -0.4 is 5.73 Å². The van der Waals surface area contributed by atoms with E-state index in [1.807, 2.05) is 0 Å². The van der Waals surface area contributed by atoms with Crippen LogP contribution in [0.5, 0.6) is 0 Å². The molecule has 1 saturated heterocycles. The average molecular weight is 187 g/mol. The zero-order valence-corrected chi connectivity index (χ0v) is 8.71. The third-order valence-corrected chi connectivity index (χ3v) is 3.13. The van der Waals surface area contributed by atoms with E-state index in [1.54, 1.807) is 7.11 Å². The molecular weight excluding hydrogens is 166 g/mol. The van der Waals surface area contributed by atoms with Crippen LogP contribution >= 0.6 is 0 Å². The van der Waals surface area contributed by atoms with Crippen LogP contribution in [-0.2, 0) is 9.47 Å². The van der Waals surface area contributed by atoms with E-state index in [0.29, 0.717) is 12.5 Å². The lowest BCUT2D eigenvalue weighted by Crippen LogP contribution is -2.43. The van der Waals surface area contributed by atoms with Crippen LogP contribution in [0.2, 0.25) is 0 Å². The maximum atomic E-state index is 5.58. The smallest absolute Gasteiger partial charge is 0.0712 e. The van der Waals surface area contributed by atoms with Gasteiger partial charge in [0.2, 0.25) is 0 Å². The van der Waals surface area contributed by atoms with E-state index >= 15 is 0 Å². The predicted molar refractivity (Wildman–Crippen MR) is 52.6 cm³/mol. The van der Waals surface area contributed by atoms with Crippen molar-refractivity contribution in [3.8, 4) is 0 Å². The maximum Gasteiger partial charge on any atom is 0.0712 e. The molecule has 13 heavy (non-hydrogen) atoms. The van der Waals surface area contributed by atoms with Gasteiger partial charge in [0.05, 0.1) is 12.2 Å². The molecule has 1 aliphatic heterocycles. The molecule has 0 radical (unpaired) electrons. The van der Waals surface area contributed by atoms with E-state index in [9.17, 15) is 0 Å². The Labute approximate surface area is 80.6 Å². The summed E-state index contributed by atoms with van der Waals surface area (Å²) < 4.78 is 11.0. The minimum absolute atomic E-state index is 0.0881. The average Bonchev–Trinajstić information content (AvgIpc) is 2.19. The Morgan fingerprint density at radius 3 is 2.85 bits per heavy atom. The zero-order chi connectivity index (χ0) is 9.73. The predicted octanol–water partition coefficient (Wildman–Crippen LogP) is 1.17. The van der Waals surface area contributed by atoms with E-state index in [2.05, 4.69) is 6.92 Å². The second kappa shape index (κ2) is 4.94. The van der Waals surface area contributed by atoms with E-state index in [-0.39, 0.29) is 5.60 Å². The Balaban J connectivity index is 2.51. The van der Waals surface area contributed by atoms with Gasteiger partial charge in [-0.05, 0) is 32.7 Å². The number of hydrogen-bond donors (Lipinski definition) is 1. The quantitative estimate of drug-likeness (QED) is 0.718. The van der Waals surface area contributed by atoms with Crippen molar-refractivity contribution < 1.29 is 9.47 Å². The molecule has 78 valence electrons. The molecule has 0 aromatic heterocycles. The summed E-state index contributed by atoms with van der Waals surface area (Å²) in [4.78, 5) is 0. The molecule has 0 aromatic rings. The Kier molecular flexibility index (Phi) is 4.16. The van der Waals surface area contributed by atoms with Gasteiger partial charge in [0.15, 0.2) is 0 Å². The van der Waals surface area contributed by atoms with Crippen molar-refractivity contribution in [3.05, 3.63) is 0 Å². The van der Waals surface area contributed by atoms with Crippen LogP contribution in [0.1, 0.15) is 26.2 Å². The van der Waals surface area contributed by atoms with Crippen LogP contribution in [0.4, 0.5) is 0 Å². The van der Waals surface area contributed by atoms with Gasteiger partial charge in [-0.15, -0.1) is 0 Å². The summed E-state index contributed by atoms with van der Waals surface area (Å²) in [6.07, 6.45) is 3.26. The van der Waals surface area contributed by atoms with Crippen molar-refractivity contribution in [2.75, 3.05) is 26.9 Å². The van der Waals surface area contributed by atoms with Gasteiger partial charge >= 0.3 is 0 Å². The number of hydrogen-bond acceptors (Lipinski definition) is 3. The maximum absolute atomic E-state index is 5.58. The van der Waals surface area contributed by atoms with E-state index < -0.39 is 0 Å². The molecule has 0 saturated carbocycles. The normalized spacial score (nSPS) is 28.4. The van der Waals surface area contributed by atoms with Gasteiger partial charge in [0.1, 0.15) is 0 Å². The van der Waals surface area contributed by atoms with Gasteiger partial charge in [-0.3, -0.25) is 0 Å². The number of ether oxygens (including phenoxy) is 2. The first-order valence-electron chi connectivity index (χ1n) is 5.06. The monoisotopic (exact) mass is 187 g/mol. The Morgan fingerprint density at radius 1 is 1.62 bits per heavy atom. The molecule has 0 aromatic carbocycles. The van der Waals surface area contributed by atoms with Crippen molar-refractivity contribution in [2.45, 2.75) is 31.8 Å². The first-order chi connectivity index (χ1) is 6.23. The first-order valence-corrected chi connectivity index (χ1v) is 5.06.